The number of ether oxygens (including phenoxy) is 1. The van der Waals surface area contributed by atoms with Gasteiger partial charge in [0.1, 0.15) is 0 Å². The molecular formula is C8H10N4O. The highest BCUT2D eigenvalue weighted by Gasteiger charge is 2.02. The number of hydrazine groups is 1. The second-order valence-corrected chi connectivity index (χ2v) is 2.32. The van der Waals surface area contributed by atoms with Crippen molar-refractivity contribution in [2.45, 2.75) is 6.92 Å². The fourth-order valence-electron chi connectivity index (χ4n) is 0.752. The van der Waals surface area contributed by atoms with Crippen LogP contribution < -0.4 is 16.0 Å². The van der Waals surface area contributed by atoms with Gasteiger partial charge in [-0.25, -0.2) is 10.8 Å². The molecule has 5 nitrogen and oxygen atoms in total. The second-order valence-electron chi connectivity index (χ2n) is 2.32. The van der Waals surface area contributed by atoms with Gasteiger partial charge in [-0.1, -0.05) is 5.92 Å². The van der Waals surface area contributed by atoms with Crippen molar-refractivity contribution in [3.05, 3.63) is 11.8 Å². The van der Waals surface area contributed by atoms with Crippen molar-refractivity contribution in [1.29, 1.82) is 0 Å². The molecule has 0 aromatic carbocycles. The van der Waals surface area contributed by atoms with Gasteiger partial charge in [0.25, 0.3) is 0 Å². The molecule has 0 amide bonds. The Morgan fingerprint density at radius 2 is 2.54 bits per heavy atom. The summed E-state index contributed by atoms with van der Waals surface area (Å²) in [5.74, 6) is 8.22. The Morgan fingerprint density at radius 3 is 3.15 bits per heavy atom. The van der Waals surface area contributed by atoms with Gasteiger partial charge in [-0.3, -0.25) is 5.43 Å². The molecule has 0 aliphatic carbocycles. The van der Waals surface area contributed by atoms with Gasteiger partial charge < -0.3 is 4.74 Å². The molecule has 0 fully saturated rings. The summed E-state index contributed by atoms with van der Waals surface area (Å²) in [7, 11) is 0. The van der Waals surface area contributed by atoms with Gasteiger partial charge in [0, 0.05) is 11.8 Å². The lowest BCUT2D eigenvalue weighted by atomic mass is 10.4. The molecule has 13 heavy (non-hydrogen) atoms. The molecule has 0 saturated carbocycles. The summed E-state index contributed by atoms with van der Waals surface area (Å²) in [6.07, 6.45) is 6.64. The molecule has 68 valence electrons. The Bertz CT molecular complexity index is 331. The zero-order chi connectivity index (χ0) is 9.68. The predicted molar refractivity (Wildman–Crippen MR) is 48.9 cm³/mol. The molecular weight excluding hydrogens is 168 g/mol. The Hall–Kier alpha value is -1.80. The van der Waals surface area contributed by atoms with Gasteiger partial charge in [0.15, 0.2) is 6.61 Å². The van der Waals surface area contributed by atoms with Crippen molar-refractivity contribution in [3.63, 3.8) is 0 Å². The largest absolute Gasteiger partial charge is 0.464 e. The first kappa shape index (κ1) is 9.29. The molecule has 0 atom stereocenters. The van der Waals surface area contributed by atoms with Crippen LogP contribution in [-0.2, 0) is 0 Å². The number of aromatic nitrogens is 2. The SMILES string of the molecule is C#CCOc1nc(NN)ncc1C. The fourth-order valence-corrected chi connectivity index (χ4v) is 0.752. The number of nitrogens with zero attached hydrogens (tertiary/aromatic N) is 2. The number of nitrogen functional groups attached to an aromatic ring is 1. The Morgan fingerprint density at radius 1 is 1.77 bits per heavy atom. The molecule has 1 aromatic heterocycles. The van der Waals surface area contributed by atoms with E-state index in [1.54, 1.807) is 6.20 Å². The van der Waals surface area contributed by atoms with Gasteiger partial charge in [0.2, 0.25) is 11.8 Å². The third-order valence-electron chi connectivity index (χ3n) is 1.35. The van der Waals surface area contributed by atoms with E-state index in [1.165, 1.54) is 0 Å². The first-order chi connectivity index (χ1) is 6.27. The molecule has 0 radical (unpaired) electrons. The minimum absolute atomic E-state index is 0.182. The van der Waals surface area contributed by atoms with Crippen LogP contribution in [0.1, 0.15) is 5.56 Å². The third-order valence-corrected chi connectivity index (χ3v) is 1.35. The Balaban J connectivity index is 2.85. The zero-order valence-electron chi connectivity index (χ0n) is 7.24. The maximum absolute atomic E-state index is 5.15. The summed E-state index contributed by atoms with van der Waals surface area (Å²) in [5.41, 5.74) is 3.13. The highest BCUT2D eigenvalue weighted by molar-refractivity contribution is 5.31. The molecule has 0 spiro atoms. The molecule has 0 saturated heterocycles. The minimum atomic E-state index is 0.182. The number of rotatable bonds is 3. The van der Waals surface area contributed by atoms with Crippen LogP contribution in [0.2, 0.25) is 0 Å². The van der Waals surface area contributed by atoms with Crippen LogP contribution in [0, 0.1) is 19.3 Å². The molecule has 1 rings (SSSR count). The molecule has 1 aromatic rings. The van der Waals surface area contributed by atoms with Crippen LogP contribution in [0.5, 0.6) is 5.88 Å². The van der Waals surface area contributed by atoms with E-state index in [1.807, 2.05) is 6.92 Å². The average Bonchev–Trinajstić information content (AvgIpc) is 2.17. The van der Waals surface area contributed by atoms with Crippen LogP contribution in [0.25, 0.3) is 0 Å². The van der Waals surface area contributed by atoms with Crippen molar-refractivity contribution in [2.75, 3.05) is 12.0 Å². The van der Waals surface area contributed by atoms with E-state index in [0.29, 0.717) is 11.8 Å². The summed E-state index contributed by atoms with van der Waals surface area (Å²) in [6, 6.07) is 0. The van der Waals surface area contributed by atoms with Crippen LogP contribution in [0.4, 0.5) is 5.95 Å². The van der Waals surface area contributed by atoms with Gasteiger partial charge in [-0.2, -0.15) is 4.98 Å². The second kappa shape index (κ2) is 4.28. The number of hydrogen-bond acceptors (Lipinski definition) is 5. The maximum atomic E-state index is 5.15. The van der Waals surface area contributed by atoms with Crippen molar-refractivity contribution in [2.24, 2.45) is 5.84 Å². The summed E-state index contributed by atoms with van der Waals surface area (Å²) < 4.78 is 5.15. The number of anilines is 1. The molecule has 0 unspecified atom stereocenters. The van der Waals surface area contributed by atoms with Crippen LogP contribution in [-0.4, -0.2) is 16.6 Å². The Labute approximate surface area is 76.3 Å². The van der Waals surface area contributed by atoms with Crippen LogP contribution in [0.15, 0.2) is 6.20 Å². The number of nitrogens with one attached hydrogen (secondary N) is 1. The van der Waals surface area contributed by atoms with Gasteiger partial charge in [0.05, 0.1) is 0 Å². The number of hydrogen-bond donors (Lipinski definition) is 2. The quantitative estimate of drug-likeness (QED) is 0.389. The van der Waals surface area contributed by atoms with E-state index in [-0.39, 0.29) is 6.61 Å². The minimum Gasteiger partial charge on any atom is -0.464 e. The lowest BCUT2D eigenvalue weighted by molar-refractivity contribution is 0.352. The topological polar surface area (TPSA) is 73.1 Å². The highest BCUT2D eigenvalue weighted by Crippen LogP contribution is 2.13. The standard InChI is InChI=1S/C8H10N4O/c1-3-4-13-7-6(2)5-10-8(11-7)12-9/h1,5H,4,9H2,2H3,(H,10,11,12). The highest BCUT2D eigenvalue weighted by atomic mass is 16.5. The lowest BCUT2D eigenvalue weighted by Gasteiger charge is -2.05. The van der Waals surface area contributed by atoms with Crippen LogP contribution >= 0.6 is 0 Å². The van der Waals surface area contributed by atoms with Crippen molar-refractivity contribution < 1.29 is 4.74 Å². The monoisotopic (exact) mass is 178 g/mol. The van der Waals surface area contributed by atoms with Crippen molar-refractivity contribution in [3.8, 4) is 18.2 Å². The maximum Gasteiger partial charge on any atom is 0.240 e. The number of nitrogens with two attached hydrogens (primary N) is 1. The molecule has 1 heterocycles. The van der Waals surface area contributed by atoms with Gasteiger partial charge in [-0.15, -0.1) is 6.42 Å². The molecule has 3 N–H and O–H groups in total. The zero-order valence-corrected chi connectivity index (χ0v) is 7.24. The van der Waals surface area contributed by atoms with E-state index in [2.05, 4.69) is 21.3 Å². The first-order valence-corrected chi connectivity index (χ1v) is 3.64. The molecule has 5 heteroatoms. The Kier molecular flexibility index (Phi) is 3.06. The van der Waals surface area contributed by atoms with E-state index in [9.17, 15) is 0 Å². The summed E-state index contributed by atoms with van der Waals surface area (Å²) in [4.78, 5) is 7.85. The first-order valence-electron chi connectivity index (χ1n) is 3.64. The summed E-state index contributed by atoms with van der Waals surface area (Å²) in [6.45, 7) is 2.01. The van der Waals surface area contributed by atoms with E-state index < -0.39 is 0 Å². The molecule has 0 bridgehead atoms. The van der Waals surface area contributed by atoms with E-state index >= 15 is 0 Å². The average molecular weight is 178 g/mol. The molecule has 0 aliphatic rings. The van der Waals surface area contributed by atoms with Crippen LogP contribution in [0.3, 0.4) is 0 Å². The van der Waals surface area contributed by atoms with Crippen molar-refractivity contribution >= 4 is 5.95 Å². The van der Waals surface area contributed by atoms with Crippen molar-refractivity contribution in [1.82, 2.24) is 9.97 Å². The lowest BCUT2D eigenvalue weighted by Crippen LogP contribution is -2.11. The smallest absolute Gasteiger partial charge is 0.240 e. The van der Waals surface area contributed by atoms with E-state index in [4.69, 9.17) is 17.0 Å². The summed E-state index contributed by atoms with van der Waals surface area (Å²) >= 11 is 0. The fraction of sp³-hybridized carbons (Fsp3) is 0.250. The number of aryl methyl sites for hydroxylation is 1. The predicted octanol–water partition coefficient (Wildman–Crippen LogP) is 0.0826. The normalized spacial score (nSPS) is 9.00. The summed E-state index contributed by atoms with van der Waals surface area (Å²) in [5, 5.41) is 0. The van der Waals surface area contributed by atoms with Gasteiger partial charge in [-0.05, 0) is 6.92 Å². The third kappa shape index (κ3) is 2.32. The molecule has 0 aliphatic heterocycles. The van der Waals surface area contributed by atoms with E-state index in [0.717, 1.165) is 5.56 Å². The van der Waals surface area contributed by atoms with Gasteiger partial charge >= 0.3 is 0 Å². The number of terminal acetylenes is 1.